The molecule has 2 N–H and O–H groups in total. The fourth-order valence-electron chi connectivity index (χ4n) is 5.01. The van der Waals surface area contributed by atoms with Gasteiger partial charge in [-0.25, -0.2) is 0 Å². The molecule has 0 spiro atoms. The summed E-state index contributed by atoms with van der Waals surface area (Å²) >= 11 is 0. The van der Waals surface area contributed by atoms with Crippen molar-refractivity contribution in [2.45, 2.75) is 38.5 Å². The first-order chi connectivity index (χ1) is 12.7. The molecule has 26 heavy (non-hydrogen) atoms. The van der Waals surface area contributed by atoms with E-state index >= 15 is 0 Å². The van der Waals surface area contributed by atoms with Gasteiger partial charge in [0.25, 0.3) is 0 Å². The lowest BCUT2D eigenvalue weighted by atomic mass is 9.91. The van der Waals surface area contributed by atoms with Gasteiger partial charge in [0, 0.05) is 37.2 Å². The number of anilines is 1. The third-order valence-corrected chi connectivity index (χ3v) is 6.59. The minimum Gasteiger partial charge on any atom is -0.342 e. The number of hydrogen-bond donors (Lipinski definition) is 1. The van der Waals surface area contributed by atoms with Crippen molar-refractivity contribution in [3.8, 4) is 0 Å². The predicted octanol–water partition coefficient (Wildman–Crippen LogP) is 2.19. The number of fused-ring (bicyclic) bond motifs is 1. The Morgan fingerprint density at radius 2 is 1.77 bits per heavy atom. The summed E-state index contributed by atoms with van der Waals surface area (Å²) in [6.45, 7) is 2.81. The largest absolute Gasteiger partial charge is 0.342 e. The van der Waals surface area contributed by atoms with Gasteiger partial charge in [-0.15, -0.1) is 0 Å². The fraction of sp³-hybridized carbons (Fsp3) is 0.619. The SMILES string of the molecule is NC[C@H]1CCC[C@H]1C(=O)N1CCC(C(=O)N2CCc3ccccc32)CC1. The molecule has 1 saturated heterocycles. The van der Waals surface area contributed by atoms with Gasteiger partial charge in [-0.1, -0.05) is 24.6 Å². The predicted molar refractivity (Wildman–Crippen MR) is 102 cm³/mol. The van der Waals surface area contributed by atoms with E-state index in [1.54, 1.807) is 0 Å². The highest BCUT2D eigenvalue weighted by molar-refractivity contribution is 5.97. The molecule has 1 aromatic carbocycles. The van der Waals surface area contributed by atoms with Gasteiger partial charge in [0.15, 0.2) is 0 Å². The van der Waals surface area contributed by atoms with Crippen LogP contribution in [0.4, 0.5) is 5.69 Å². The molecule has 0 radical (unpaired) electrons. The van der Waals surface area contributed by atoms with Gasteiger partial charge in [0.1, 0.15) is 0 Å². The minimum atomic E-state index is 0.0408. The second-order valence-electron chi connectivity index (χ2n) is 8.00. The van der Waals surface area contributed by atoms with E-state index in [9.17, 15) is 9.59 Å². The lowest BCUT2D eigenvalue weighted by molar-refractivity contribution is -0.139. The van der Waals surface area contributed by atoms with Gasteiger partial charge in [0.2, 0.25) is 11.8 Å². The second-order valence-corrected chi connectivity index (χ2v) is 8.00. The second kappa shape index (κ2) is 7.39. The maximum absolute atomic E-state index is 13.0. The van der Waals surface area contributed by atoms with E-state index in [1.807, 2.05) is 28.0 Å². The maximum atomic E-state index is 13.0. The molecule has 5 nitrogen and oxygen atoms in total. The van der Waals surface area contributed by atoms with Crippen LogP contribution in [0.1, 0.15) is 37.7 Å². The average molecular weight is 355 g/mol. The topological polar surface area (TPSA) is 66.6 Å². The Balaban J connectivity index is 1.35. The van der Waals surface area contributed by atoms with Gasteiger partial charge in [-0.2, -0.15) is 0 Å². The molecular formula is C21H29N3O2. The van der Waals surface area contributed by atoms with E-state index in [2.05, 4.69) is 6.07 Å². The maximum Gasteiger partial charge on any atom is 0.230 e. The summed E-state index contributed by atoms with van der Waals surface area (Å²) in [4.78, 5) is 29.8. The molecule has 2 fully saturated rings. The van der Waals surface area contributed by atoms with Crippen molar-refractivity contribution in [1.82, 2.24) is 4.90 Å². The van der Waals surface area contributed by atoms with Crippen LogP contribution in [0.15, 0.2) is 24.3 Å². The van der Waals surface area contributed by atoms with Crippen LogP contribution in [0, 0.1) is 17.8 Å². The monoisotopic (exact) mass is 355 g/mol. The number of nitrogens with two attached hydrogens (primary N) is 1. The first-order valence-electron chi connectivity index (χ1n) is 10.1. The Morgan fingerprint density at radius 3 is 2.54 bits per heavy atom. The highest BCUT2D eigenvalue weighted by Gasteiger charge is 2.38. The summed E-state index contributed by atoms with van der Waals surface area (Å²) in [5, 5.41) is 0. The van der Waals surface area contributed by atoms with Crippen molar-refractivity contribution in [1.29, 1.82) is 0 Å². The summed E-state index contributed by atoms with van der Waals surface area (Å²) in [5.74, 6) is 1.01. The molecule has 140 valence electrons. The molecule has 2 aliphatic heterocycles. The van der Waals surface area contributed by atoms with Gasteiger partial charge >= 0.3 is 0 Å². The normalized spacial score (nSPS) is 26.2. The molecule has 1 aliphatic carbocycles. The van der Waals surface area contributed by atoms with Gasteiger partial charge < -0.3 is 15.5 Å². The number of rotatable bonds is 3. The number of benzene rings is 1. The highest BCUT2D eigenvalue weighted by Crippen LogP contribution is 2.34. The lowest BCUT2D eigenvalue weighted by Gasteiger charge is -2.35. The van der Waals surface area contributed by atoms with E-state index in [0.29, 0.717) is 25.6 Å². The quantitative estimate of drug-likeness (QED) is 0.904. The molecule has 0 unspecified atom stereocenters. The Kier molecular flexibility index (Phi) is 4.98. The van der Waals surface area contributed by atoms with E-state index in [4.69, 9.17) is 5.73 Å². The molecule has 1 saturated carbocycles. The zero-order valence-corrected chi connectivity index (χ0v) is 15.4. The smallest absolute Gasteiger partial charge is 0.230 e. The van der Waals surface area contributed by atoms with Crippen LogP contribution in [0.25, 0.3) is 0 Å². The van der Waals surface area contributed by atoms with Crippen LogP contribution in [0.5, 0.6) is 0 Å². The summed E-state index contributed by atoms with van der Waals surface area (Å²) in [6, 6.07) is 8.20. The van der Waals surface area contributed by atoms with Crippen molar-refractivity contribution in [3.63, 3.8) is 0 Å². The van der Waals surface area contributed by atoms with E-state index in [0.717, 1.165) is 50.8 Å². The van der Waals surface area contributed by atoms with Crippen LogP contribution >= 0.6 is 0 Å². The van der Waals surface area contributed by atoms with Gasteiger partial charge in [-0.05, 0) is 56.2 Å². The van der Waals surface area contributed by atoms with Crippen molar-refractivity contribution < 1.29 is 9.59 Å². The number of amides is 2. The number of carbonyl (C=O) groups is 2. The van der Waals surface area contributed by atoms with Crippen molar-refractivity contribution in [2.24, 2.45) is 23.5 Å². The number of piperidine rings is 1. The number of hydrogen-bond acceptors (Lipinski definition) is 3. The molecule has 5 heteroatoms. The summed E-state index contributed by atoms with van der Waals surface area (Å²) in [6.07, 6.45) is 5.68. The Hall–Kier alpha value is -1.88. The lowest BCUT2D eigenvalue weighted by Crippen LogP contribution is -2.46. The molecule has 2 amide bonds. The molecule has 1 aromatic rings. The molecule has 3 aliphatic rings. The van der Waals surface area contributed by atoms with Gasteiger partial charge in [0.05, 0.1) is 0 Å². The van der Waals surface area contributed by atoms with Crippen LogP contribution in [-0.4, -0.2) is 42.9 Å². The third-order valence-electron chi connectivity index (χ3n) is 6.59. The average Bonchev–Trinajstić information content (AvgIpc) is 3.33. The minimum absolute atomic E-state index is 0.0408. The zero-order chi connectivity index (χ0) is 18.1. The van der Waals surface area contributed by atoms with Crippen LogP contribution < -0.4 is 10.6 Å². The number of carbonyl (C=O) groups excluding carboxylic acids is 2. The molecular weight excluding hydrogens is 326 g/mol. The molecule has 2 atom stereocenters. The molecule has 2 heterocycles. The van der Waals surface area contributed by atoms with Crippen molar-refractivity contribution >= 4 is 17.5 Å². The van der Waals surface area contributed by atoms with E-state index in [1.165, 1.54) is 5.56 Å². The van der Waals surface area contributed by atoms with Crippen molar-refractivity contribution in [3.05, 3.63) is 29.8 Å². The number of para-hydroxylation sites is 1. The summed E-state index contributed by atoms with van der Waals surface area (Å²) < 4.78 is 0. The standard InChI is InChI=1S/C21H29N3O2/c22-14-17-5-3-6-18(17)21(26)23-11-8-16(9-12-23)20(25)24-13-10-15-4-1-2-7-19(15)24/h1-2,4,7,16-18H,3,5-6,8-14,22H2/t17-,18-/m1/s1. The molecule has 0 bridgehead atoms. The highest BCUT2D eigenvalue weighted by atomic mass is 16.2. The van der Waals surface area contributed by atoms with Crippen LogP contribution in [0.2, 0.25) is 0 Å². The summed E-state index contributed by atoms with van der Waals surface area (Å²) in [7, 11) is 0. The Labute approximate surface area is 155 Å². The Morgan fingerprint density at radius 1 is 1.00 bits per heavy atom. The molecule has 4 rings (SSSR count). The first-order valence-corrected chi connectivity index (χ1v) is 10.1. The third kappa shape index (κ3) is 3.13. The Bertz CT molecular complexity index is 682. The van der Waals surface area contributed by atoms with E-state index in [-0.39, 0.29) is 23.7 Å². The molecule has 0 aromatic heterocycles. The fourth-order valence-corrected chi connectivity index (χ4v) is 5.01. The van der Waals surface area contributed by atoms with E-state index < -0.39 is 0 Å². The van der Waals surface area contributed by atoms with Crippen LogP contribution in [0.3, 0.4) is 0 Å². The number of likely N-dealkylation sites (tertiary alicyclic amines) is 1. The number of nitrogens with zero attached hydrogens (tertiary/aromatic N) is 2. The van der Waals surface area contributed by atoms with Gasteiger partial charge in [-0.3, -0.25) is 9.59 Å². The summed E-state index contributed by atoms with van der Waals surface area (Å²) in [5.41, 5.74) is 8.18. The zero-order valence-electron chi connectivity index (χ0n) is 15.4. The van der Waals surface area contributed by atoms with Crippen molar-refractivity contribution in [2.75, 3.05) is 31.1 Å². The first kappa shape index (κ1) is 17.5. The van der Waals surface area contributed by atoms with Crippen LogP contribution in [-0.2, 0) is 16.0 Å².